The smallest absolute Gasteiger partial charge is 0.380 e. The van der Waals surface area contributed by atoms with Crippen molar-refractivity contribution in [2.75, 3.05) is 0 Å². The molecule has 1 nitrogen and oxygen atoms in total. The predicted molar refractivity (Wildman–Crippen MR) is 49.9 cm³/mol. The zero-order valence-corrected chi connectivity index (χ0v) is 12.5. The lowest BCUT2D eigenvalue weighted by Gasteiger charge is -2.37. The summed E-state index contributed by atoms with van der Waals surface area (Å²) in [7, 11) is -3.91. The van der Waals surface area contributed by atoms with Crippen LogP contribution in [0.15, 0.2) is 0 Å². The number of halogens is 9. The van der Waals surface area contributed by atoms with Gasteiger partial charge in [0.1, 0.15) is 10.5 Å². The van der Waals surface area contributed by atoms with Crippen LogP contribution in [-0.2, 0) is 4.12 Å². The maximum atomic E-state index is 12.8. The average molecular weight is 324 g/mol. The van der Waals surface area contributed by atoms with Crippen LogP contribution in [0.5, 0.6) is 0 Å². The third-order valence-corrected chi connectivity index (χ3v) is 4.06. The van der Waals surface area contributed by atoms with Gasteiger partial charge in [0.15, 0.2) is 6.17 Å². The van der Waals surface area contributed by atoms with E-state index in [1.54, 1.807) is 0 Å². The van der Waals surface area contributed by atoms with Crippen molar-refractivity contribution in [2.45, 2.75) is 36.4 Å². The van der Waals surface area contributed by atoms with Gasteiger partial charge in [0.25, 0.3) is 0 Å². The second-order valence-corrected chi connectivity index (χ2v) is 7.01. The minimum Gasteiger partial charge on any atom is -0.464 e. The van der Waals surface area contributed by atoms with Crippen molar-refractivity contribution in [3.05, 3.63) is 0 Å². The number of hydrogen-bond acceptors (Lipinski definition) is 1. The summed E-state index contributed by atoms with van der Waals surface area (Å²) >= 11 is 0. The molecule has 0 spiro atoms. The molecule has 0 fully saturated rings. The fraction of sp³-hybridized carbons (Fsp3) is 1.00. The Hall–Kier alpha value is -0.236. The van der Waals surface area contributed by atoms with Gasteiger partial charge in [0.05, 0.1) is 0 Å². The molecule has 18 heavy (non-hydrogen) atoms. The number of hydrogen-bond donors (Lipinski definition) is 0. The Labute approximate surface area is 101 Å². The Morgan fingerprint density at radius 3 is 1.61 bits per heavy atom. The van der Waals surface area contributed by atoms with E-state index in [4.69, 9.17) is 0 Å². The van der Waals surface area contributed by atoms with E-state index >= 15 is 0 Å². The molecule has 1 unspecified atom stereocenters. The zero-order valence-electron chi connectivity index (χ0n) is 9.09. The van der Waals surface area contributed by atoms with E-state index in [1.807, 2.05) is 0 Å². The molecule has 0 aliphatic carbocycles. The van der Waals surface area contributed by atoms with Crippen LogP contribution in [0.2, 0.25) is 0 Å². The summed E-state index contributed by atoms with van der Waals surface area (Å²) in [5.74, 6) is -18.8. The van der Waals surface area contributed by atoms with Gasteiger partial charge in [-0.1, -0.05) is 0 Å². The van der Waals surface area contributed by atoms with Gasteiger partial charge in [-0.2, -0.15) is 26.3 Å². The quantitative estimate of drug-likeness (QED) is 0.527. The molecule has 0 saturated carbocycles. The third kappa shape index (κ3) is 2.54. The molecule has 110 valence electrons. The topological polar surface area (TPSA) is 9.23 Å². The molecule has 0 aromatic heterocycles. The van der Waals surface area contributed by atoms with Crippen molar-refractivity contribution >= 4 is 20.2 Å². The zero-order chi connectivity index (χ0) is 15.0. The number of rotatable bonds is 6. The van der Waals surface area contributed by atoms with E-state index in [9.17, 15) is 39.5 Å². The van der Waals surface area contributed by atoms with E-state index in [0.717, 1.165) is 0 Å². The first-order chi connectivity index (χ1) is 7.75. The molecule has 0 N–H and O–H groups in total. The summed E-state index contributed by atoms with van der Waals surface area (Å²) in [5.41, 5.74) is -5.41. The van der Waals surface area contributed by atoms with Gasteiger partial charge in [0.2, 0.25) is 9.76 Å². The fourth-order valence-electron chi connectivity index (χ4n) is 0.961. The lowest BCUT2D eigenvalue weighted by atomic mass is 10.0. The third-order valence-electron chi connectivity index (χ3n) is 2.10. The lowest BCUT2D eigenvalue weighted by Crippen LogP contribution is -2.66. The van der Waals surface area contributed by atoms with E-state index in [2.05, 4.69) is 4.12 Å². The van der Waals surface area contributed by atoms with Crippen molar-refractivity contribution in [3.63, 3.8) is 0 Å². The summed E-state index contributed by atoms with van der Waals surface area (Å²) in [6.07, 6.45) is -3.72. The van der Waals surface area contributed by atoms with Crippen molar-refractivity contribution in [1.29, 1.82) is 0 Å². The van der Waals surface area contributed by atoms with Gasteiger partial charge in [-0.05, 0) is 6.92 Å². The second-order valence-electron chi connectivity index (χ2n) is 3.53. The van der Waals surface area contributed by atoms with Crippen LogP contribution in [0.1, 0.15) is 6.92 Å². The lowest BCUT2D eigenvalue weighted by molar-refractivity contribution is -0.359. The van der Waals surface area contributed by atoms with Gasteiger partial charge >= 0.3 is 23.3 Å². The summed E-state index contributed by atoms with van der Waals surface area (Å²) in [6, 6.07) is 0. The van der Waals surface area contributed by atoms with E-state index < -0.39 is 49.7 Å². The molecule has 0 aromatic carbocycles. The van der Waals surface area contributed by atoms with E-state index in [-0.39, 0.29) is 6.92 Å². The molecule has 0 rings (SSSR count). The molecule has 0 heterocycles. The molecule has 0 bridgehead atoms. The van der Waals surface area contributed by atoms with Crippen LogP contribution in [-0.4, -0.2) is 49.7 Å². The molecule has 0 aliphatic heterocycles. The largest absolute Gasteiger partial charge is 0.464 e. The molecule has 12 heteroatoms. The Bertz CT molecular complexity index is 293. The van der Waals surface area contributed by atoms with Crippen molar-refractivity contribution in [1.82, 2.24) is 0 Å². The predicted octanol–water partition coefficient (Wildman–Crippen LogP) is 1.22. The highest BCUT2D eigenvalue weighted by Gasteiger charge is 2.81. The minimum absolute atomic E-state index is 0.122. The molecule has 0 aromatic rings. The van der Waals surface area contributed by atoms with Crippen LogP contribution >= 0.6 is 0 Å². The maximum Gasteiger partial charge on any atom is 0.380 e. The molecule has 0 saturated heterocycles. The van der Waals surface area contributed by atoms with Crippen LogP contribution < -0.4 is 0 Å². The van der Waals surface area contributed by atoms with Crippen LogP contribution in [0.25, 0.3) is 0 Å². The van der Waals surface area contributed by atoms with Gasteiger partial charge in [0, 0.05) is 0 Å². The summed E-state index contributed by atoms with van der Waals surface area (Å²) < 4.78 is 118. The first-order valence-corrected chi connectivity index (χ1v) is 6.50. The van der Waals surface area contributed by atoms with Crippen LogP contribution in [0.3, 0.4) is 0 Å². The molecule has 0 aliphatic rings. The molecule has 0 radical (unpaired) electrons. The molecule has 1 atom stereocenters. The first-order valence-electron chi connectivity index (χ1n) is 4.40. The summed E-state index contributed by atoms with van der Waals surface area (Å²) in [4.78, 5) is 0. The minimum atomic E-state index is -6.52. The van der Waals surface area contributed by atoms with E-state index in [0.29, 0.717) is 0 Å². The van der Waals surface area contributed by atoms with Crippen molar-refractivity contribution < 1.29 is 43.6 Å². The molecular formula is C6H9F9OSi2. The van der Waals surface area contributed by atoms with Crippen molar-refractivity contribution in [3.8, 4) is 0 Å². The van der Waals surface area contributed by atoms with Gasteiger partial charge in [-0.25, -0.2) is 13.2 Å². The Morgan fingerprint density at radius 1 is 0.944 bits per heavy atom. The highest BCUT2D eigenvalue weighted by atomic mass is 28.3. The van der Waals surface area contributed by atoms with Gasteiger partial charge in [-0.15, -0.1) is 0 Å². The van der Waals surface area contributed by atoms with Crippen LogP contribution in [0.4, 0.5) is 39.5 Å². The summed E-state index contributed by atoms with van der Waals surface area (Å²) in [6.45, 7) is -0.122. The first kappa shape index (κ1) is 17.8. The second kappa shape index (κ2) is 5.04. The Kier molecular flexibility index (Phi) is 4.97. The van der Waals surface area contributed by atoms with Crippen LogP contribution in [0, 0.1) is 0 Å². The number of alkyl halides is 9. The Morgan fingerprint density at radius 2 is 1.33 bits per heavy atom. The normalized spacial score (nSPS) is 17.7. The molecular weight excluding hydrogens is 315 g/mol. The van der Waals surface area contributed by atoms with Gasteiger partial charge < -0.3 is 4.12 Å². The average Bonchev–Trinajstić information content (AvgIpc) is 2.16. The standard InChI is InChI=1S/C6H9F9OSi2/c1-2(7)3(8,9)4(10,11)5(12,13)6(14,15)18-16-17/h2H,18H2,1,17H3. The van der Waals surface area contributed by atoms with E-state index in [1.165, 1.54) is 0 Å². The summed E-state index contributed by atoms with van der Waals surface area (Å²) in [5, 5.41) is 0. The monoisotopic (exact) mass is 324 g/mol. The fourth-order valence-corrected chi connectivity index (χ4v) is 2.81. The SMILES string of the molecule is CC(F)C(F)(F)C(F)(F)C(F)(F)C(F)(F)[SiH2]O[SiH3]. The highest BCUT2D eigenvalue weighted by molar-refractivity contribution is 6.37. The Balaban J connectivity index is 5.58. The molecule has 0 amide bonds. The van der Waals surface area contributed by atoms with Gasteiger partial charge in [-0.3, -0.25) is 0 Å². The maximum absolute atomic E-state index is 12.8. The highest BCUT2D eigenvalue weighted by Crippen LogP contribution is 2.53. The van der Waals surface area contributed by atoms with Crippen molar-refractivity contribution in [2.24, 2.45) is 0 Å².